The summed E-state index contributed by atoms with van der Waals surface area (Å²) in [4.78, 5) is 11.4. The lowest BCUT2D eigenvalue weighted by Gasteiger charge is -2.04. The molecule has 2 aromatic rings. The number of hydrogen-bond donors (Lipinski definition) is 1. The van der Waals surface area contributed by atoms with Gasteiger partial charge in [0.15, 0.2) is 0 Å². The zero-order valence-electron chi connectivity index (χ0n) is 9.74. The van der Waals surface area contributed by atoms with Crippen molar-refractivity contribution in [1.29, 1.82) is 0 Å². The molecule has 1 unspecified atom stereocenters. The Morgan fingerprint density at radius 3 is 2.78 bits per heavy atom. The van der Waals surface area contributed by atoms with E-state index in [1.165, 1.54) is 6.07 Å². The summed E-state index contributed by atoms with van der Waals surface area (Å²) in [6.45, 7) is 0. The summed E-state index contributed by atoms with van der Waals surface area (Å²) < 4.78 is 13.8. The Bertz CT molecular complexity index is 607. The van der Waals surface area contributed by atoms with Crippen LogP contribution < -0.4 is 0 Å². The fraction of sp³-hybridized carbons (Fsp3) is 0.167. The summed E-state index contributed by atoms with van der Waals surface area (Å²) in [5.41, 5.74) is 0.899. The Kier molecular flexibility index (Phi) is 3.57. The highest BCUT2D eigenvalue weighted by Gasteiger charge is 2.15. The first-order valence-electron chi connectivity index (χ1n) is 5.26. The summed E-state index contributed by atoms with van der Waals surface area (Å²) >= 11 is 0. The van der Waals surface area contributed by atoms with Crippen LogP contribution in [0, 0.1) is 0 Å². The third-order valence-corrected chi connectivity index (χ3v) is 3.86. The topological polar surface area (TPSA) is 72.2 Å². The second-order valence-electron chi connectivity index (χ2n) is 3.81. The van der Waals surface area contributed by atoms with Crippen LogP contribution in [-0.2, 0) is 23.6 Å². The third kappa shape index (κ3) is 2.65. The fourth-order valence-electron chi connectivity index (χ4n) is 1.62. The standard InChI is InChI=1S/C12H12N2O3S/c1-14-7-9(6-13-14)8-18(17)11-5-3-2-4-10(11)12(15)16/h2-7H,8H2,1H3,(H,15,16). The van der Waals surface area contributed by atoms with Gasteiger partial charge in [-0.1, -0.05) is 12.1 Å². The van der Waals surface area contributed by atoms with E-state index in [1.807, 2.05) is 0 Å². The van der Waals surface area contributed by atoms with Gasteiger partial charge in [0.05, 0.1) is 33.2 Å². The Morgan fingerprint density at radius 2 is 2.17 bits per heavy atom. The number of rotatable bonds is 4. The Labute approximate surface area is 107 Å². The molecule has 0 aliphatic rings. The molecule has 0 amide bonds. The van der Waals surface area contributed by atoms with Gasteiger partial charge >= 0.3 is 5.97 Å². The van der Waals surface area contributed by atoms with Crippen LogP contribution in [0.25, 0.3) is 0 Å². The molecule has 18 heavy (non-hydrogen) atoms. The first-order chi connectivity index (χ1) is 8.58. The van der Waals surface area contributed by atoms with Crippen LogP contribution in [0.15, 0.2) is 41.6 Å². The van der Waals surface area contributed by atoms with Crippen molar-refractivity contribution in [2.24, 2.45) is 7.05 Å². The number of carboxylic acids is 1. The summed E-state index contributed by atoms with van der Waals surface area (Å²) in [6.07, 6.45) is 3.39. The first-order valence-corrected chi connectivity index (χ1v) is 6.58. The zero-order chi connectivity index (χ0) is 13.1. The van der Waals surface area contributed by atoms with Crippen molar-refractivity contribution in [2.75, 3.05) is 0 Å². The second-order valence-corrected chi connectivity index (χ2v) is 5.23. The number of hydrogen-bond acceptors (Lipinski definition) is 3. The van der Waals surface area contributed by atoms with Gasteiger partial charge in [-0.2, -0.15) is 5.10 Å². The Balaban J connectivity index is 2.26. The van der Waals surface area contributed by atoms with Crippen LogP contribution in [0.3, 0.4) is 0 Å². The van der Waals surface area contributed by atoms with Crippen LogP contribution in [0.1, 0.15) is 15.9 Å². The van der Waals surface area contributed by atoms with Gasteiger partial charge in [0.2, 0.25) is 0 Å². The zero-order valence-corrected chi connectivity index (χ0v) is 10.6. The van der Waals surface area contributed by atoms with E-state index in [0.29, 0.717) is 4.90 Å². The molecule has 0 saturated heterocycles. The minimum absolute atomic E-state index is 0.0831. The SMILES string of the molecule is Cn1cc(CS(=O)c2ccccc2C(=O)O)cn1. The van der Waals surface area contributed by atoms with Crippen LogP contribution in [0.5, 0.6) is 0 Å². The maximum absolute atomic E-state index is 12.2. The average molecular weight is 264 g/mol. The van der Waals surface area contributed by atoms with E-state index in [1.54, 1.807) is 42.3 Å². The highest BCUT2D eigenvalue weighted by atomic mass is 32.2. The summed E-state index contributed by atoms with van der Waals surface area (Å²) in [5.74, 6) is -0.803. The molecule has 0 saturated carbocycles. The van der Waals surface area contributed by atoms with Crippen molar-refractivity contribution in [1.82, 2.24) is 9.78 Å². The predicted molar refractivity (Wildman–Crippen MR) is 66.7 cm³/mol. The largest absolute Gasteiger partial charge is 0.478 e. The van der Waals surface area contributed by atoms with Gasteiger partial charge < -0.3 is 5.11 Å². The van der Waals surface area contributed by atoms with Crippen molar-refractivity contribution in [2.45, 2.75) is 10.6 Å². The normalized spacial score (nSPS) is 12.3. The van der Waals surface area contributed by atoms with Crippen LogP contribution >= 0.6 is 0 Å². The summed E-state index contributed by atoms with van der Waals surface area (Å²) in [7, 11) is 0.388. The van der Waals surface area contributed by atoms with E-state index < -0.39 is 16.8 Å². The lowest BCUT2D eigenvalue weighted by atomic mass is 10.2. The molecule has 1 atom stereocenters. The molecule has 6 heteroatoms. The van der Waals surface area contributed by atoms with E-state index in [2.05, 4.69) is 5.10 Å². The maximum atomic E-state index is 12.2. The van der Waals surface area contributed by atoms with Crippen molar-refractivity contribution >= 4 is 16.8 Å². The molecule has 1 N–H and O–H groups in total. The molecule has 0 aliphatic heterocycles. The molecule has 0 spiro atoms. The molecule has 0 radical (unpaired) electrons. The monoisotopic (exact) mass is 264 g/mol. The Hall–Kier alpha value is -1.95. The van der Waals surface area contributed by atoms with Crippen LogP contribution in [-0.4, -0.2) is 25.1 Å². The van der Waals surface area contributed by atoms with Crippen LogP contribution in [0.4, 0.5) is 0 Å². The van der Waals surface area contributed by atoms with Crippen molar-refractivity contribution in [3.63, 3.8) is 0 Å². The second kappa shape index (κ2) is 5.14. The van der Waals surface area contributed by atoms with Gasteiger partial charge in [0.1, 0.15) is 0 Å². The van der Waals surface area contributed by atoms with Crippen molar-refractivity contribution < 1.29 is 14.1 Å². The lowest BCUT2D eigenvalue weighted by molar-refractivity contribution is 0.0693. The number of benzene rings is 1. The number of carboxylic acid groups (broad SMARTS) is 1. The van der Waals surface area contributed by atoms with E-state index in [4.69, 9.17) is 5.11 Å². The number of carbonyl (C=O) groups is 1. The maximum Gasteiger partial charge on any atom is 0.336 e. The molecule has 0 fully saturated rings. The molecule has 1 aromatic heterocycles. The summed E-state index contributed by atoms with van der Waals surface area (Å²) in [5, 5.41) is 13.0. The van der Waals surface area contributed by atoms with Crippen molar-refractivity contribution in [3.05, 3.63) is 47.8 Å². The van der Waals surface area contributed by atoms with Gasteiger partial charge in [-0.15, -0.1) is 0 Å². The van der Waals surface area contributed by atoms with Crippen LogP contribution in [0.2, 0.25) is 0 Å². The predicted octanol–water partition coefficient (Wildman–Crippen LogP) is 1.43. The highest BCUT2D eigenvalue weighted by molar-refractivity contribution is 7.84. The quantitative estimate of drug-likeness (QED) is 0.906. The van der Waals surface area contributed by atoms with Gasteiger partial charge in [-0.25, -0.2) is 4.79 Å². The minimum Gasteiger partial charge on any atom is -0.478 e. The Morgan fingerprint density at radius 1 is 1.44 bits per heavy atom. The number of aromatic nitrogens is 2. The average Bonchev–Trinajstić information content (AvgIpc) is 2.74. The summed E-state index contributed by atoms with van der Waals surface area (Å²) in [6, 6.07) is 6.34. The molecule has 94 valence electrons. The molecular weight excluding hydrogens is 252 g/mol. The molecule has 0 bridgehead atoms. The minimum atomic E-state index is -1.39. The van der Waals surface area contributed by atoms with Crippen molar-refractivity contribution in [3.8, 4) is 0 Å². The van der Waals surface area contributed by atoms with Gasteiger partial charge in [-0.05, 0) is 12.1 Å². The lowest BCUT2D eigenvalue weighted by Crippen LogP contribution is -2.05. The molecule has 1 heterocycles. The van der Waals surface area contributed by atoms with E-state index in [-0.39, 0.29) is 11.3 Å². The number of aryl methyl sites for hydroxylation is 1. The van der Waals surface area contributed by atoms with Gasteiger partial charge in [-0.3, -0.25) is 8.89 Å². The van der Waals surface area contributed by atoms with E-state index >= 15 is 0 Å². The van der Waals surface area contributed by atoms with Gasteiger partial charge in [0, 0.05) is 18.8 Å². The molecular formula is C12H12N2O3S. The van der Waals surface area contributed by atoms with E-state index in [0.717, 1.165) is 5.56 Å². The number of aromatic carboxylic acids is 1. The number of nitrogens with zero attached hydrogens (tertiary/aromatic N) is 2. The van der Waals surface area contributed by atoms with Gasteiger partial charge in [0.25, 0.3) is 0 Å². The smallest absolute Gasteiger partial charge is 0.336 e. The molecule has 5 nitrogen and oxygen atoms in total. The highest BCUT2D eigenvalue weighted by Crippen LogP contribution is 2.16. The first kappa shape index (κ1) is 12.5. The molecule has 0 aliphatic carbocycles. The molecule has 2 rings (SSSR count). The molecule has 1 aromatic carbocycles. The third-order valence-electron chi connectivity index (χ3n) is 2.42. The van der Waals surface area contributed by atoms with E-state index in [9.17, 15) is 9.00 Å². The fourth-order valence-corrected chi connectivity index (χ4v) is 2.86.